The largest absolute Gasteiger partial charge is 0.473 e. The molecule has 0 fully saturated rings. The number of nitrogens with two attached hydrogens (primary N) is 1. The zero-order chi connectivity index (χ0) is 15.9. The molecule has 0 saturated heterocycles. The van der Waals surface area contributed by atoms with Gasteiger partial charge < -0.3 is 15.8 Å². The van der Waals surface area contributed by atoms with E-state index in [1.165, 1.54) is 0 Å². The maximum Gasteiger partial charge on any atom is 0.226 e. The van der Waals surface area contributed by atoms with Crippen LogP contribution in [0.5, 0.6) is 5.88 Å². The van der Waals surface area contributed by atoms with Gasteiger partial charge in [-0.2, -0.15) is 4.98 Å². The number of nitrogen functional groups attached to an aromatic ring is 1. The number of nitrogens with zero attached hydrogens (tertiary/aromatic N) is 4. The molecule has 0 spiro atoms. The van der Waals surface area contributed by atoms with Crippen LogP contribution in [0.3, 0.4) is 0 Å². The fourth-order valence-corrected chi connectivity index (χ4v) is 1.90. The molecule has 0 radical (unpaired) electrons. The van der Waals surface area contributed by atoms with Crippen molar-refractivity contribution >= 4 is 11.8 Å². The van der Waals surface area contributed by atoms with Crippen molar-refractivity contribution < 1.29 is 4.74 Å². The Morgan fingerprint density at radius 1 is 0.957 bits per heavy atom. The van der Waals surface area contributed by atoms with Crippen LogP contribution < -0.4 is 15.8 Å². The second kappa shape index (κ2) is 7.17. The Kier molecular flexibility index (Phi) is 4.58. The lowest BCUT2D eigenvalue weighted by molar-refractivity contribution is 0.293. The summed E-state index contributed by atoms with van der Waals surface area (Å²) in [7, 11) is 0. The van der Waals surface area contributed by atoms with Crippen molar-refractivity contribution in [3.05, 3.63) is 66.2 Å². The first-order chi connectivity index (χ1) is 11.3. The monoisotopic (exact) mass is 308 g/mol. The van der Waals surface area contributed by atoms with Crippen molar-refractivity contribution in [1.82, 2.24) is 19.9 Å². The second-order valence-electron chi connectivity index (χ2n) is 4.74. The van der Waals surface area contributed by atoms with Crippen molar-refractivity contribution in [3.63, 3.8) is 0 Å². The standard InChI is InChI=1S/C16H16N6O/c17-13-6-8-18-14(21-13)10-20-16-19-9-7-15(22-16)23-11-12-4-2-1-3-5-12/h1-9H,10-11H2,(H2,17,18,21)(H,19,20,22). The number of hydrogen-bond acceptors (Lipinski definition) is 7. The molecule has 0 saturated carbocycles. The first kappa shape index (κ1) is 14.7. The molecule has 7 heteroatoms. The van der Waals surface area contributed by atoms with E-state index in [0.29, 0.717) is 36.6 Å². The highest BCUT2D eigenvalue weighted by Crippen LogP contribution is 2.11. The average molecular weight is 308 g/mol. The Morgan fingerprint density at radius 2 is 1.78 bits per heavy atom. The first-order valence-electron chi connectivity index (χ1n) is 7.10. The van der Waals surface area contributed by atoms with Gasteiger partial charge in [-0.25, -0.2) is 15.0 Å². The number of nitrogens with one attached hydrogen (secondary N) is 1. The fraction of sp³-hybridized carbons (Fsp3) is 0.125. The molecule has 23 heavy (non-hydrogen) atoms. The molecule has 0 bridgehead atoms. The molecule has 7 nitrogen and oxygen atoms in total. The zero-order valence-corrected chi connectivity index (χ0v) is 12.4. The zero-order valence-electron chi connectivity index (χ0n) is 12.4. The van der Waals surface area contributed by atoms with Crippen LogP contribution in [0.25, 0.3) is 0 Å². The van der Waals surface area contributed by atoms with Gasteiger partial charge in [0.2, 0.25) is 11.8 Å². The third-order valence-electron chi connectivity index (χ3n) is 2.99. The maximum atomic E-state index is 5.66. The summed E-state index contributed by atoms with van der Waals surface area (Å²) in [4.78, 5) is 16.7. The van der Waals surface area contributed by atoms with Crippen molar-refractivity contribution in [3.8, 4) is 5.88 Å². The van der Waals surface area contributed by atoms with Crippen LogP contribution in [0, 0.1) is 0 Å². The van der Waals surface area contributed by atoms with Crippen molar-refractivity contribution in [2.75, 3.05) is 11.1 Å². The van der Waals surface area contributed by atoms with Gasteiger partial charge in [-0.05, 0) is 11.6 Å². The predicted molar refractivity (Wildman–Crippen MR) is 86.6 cm³/mol. The molecule has 2 aromatic heterocycles. The van der Waals surface area contributed by atoms with E-state index in [9.17, 15) is 0 Å². The highest BCUT2D eigenvalue weighted by molar-refractivity contribution is 5.30. The molecule has 0 aliphatic carbocycles. The number of ether oxygens (including phenoxy) is 1. The van der Waals surface area contributed by atoms with Gasteiger partial charge in [-0.3, -0.25) is 0 Å². The van der Waals surface area contributed by atoms with Crippen molar-refractivity contribution in [1.29, 1.82) is 0 Å². The smallest absolute Gasteiger partial charge is 0.226 e. The summed E-state index contributed by atoms with van der Waals surface area (Å²) >= 11 is 0. The number of hydrogen-bond donors (Lipinski definition) is 2. The highest BCUT2D eigenvalue weighted by atomic mass is 16.5. The summed E-state index contributed by atoms with van der Waals surface area (Å²) in [5, 5.41) is 3.04. The summed E-state index contributed by atoms with van der Waals surface area (Å²) < 4.78 is 5.66. The van der Waals surface area contributed by atoms with Gasteiger partial charge in [-0.15, -0.1) is 0 Å². The Balaban J connectivity index is 1.59. The molecule has 116 valence electrons. The van der Waals surface area contributed by atoms with E-state index in [0.717, 1.165) is 5.56 Å². The summed E-state index contributed by atoms with van der Waals surface area (Å²) in [6.45, 7) is 0.836. The van der Waals surface area contributed by atoms with Gasteiger partial charge in [0.15, 0.2) is 0 Å². The van der Waals surface area contributed by atoms with Crippen molar-refractivity contribution in [2.45, 2.75) is 13.2 Å². The van der Waals surface area contributed by atoms with E-state index in [4.69, 9.17) is 10.5 Å². The number of aromatic nitrogens is 4. The molecule has 0 atom stereocenters. The van der Waals surface area contributed by atoms with E-state index in [1.807, 2.05) is 30.3 Å². The normalized spacial score (nSPS) is 10.3. The molecule has 3 aromatic rings. The van der Waals surface area contributed by atoms with E-state index in [1.54, 1.807) is 24.5 Å². The molecule has 0 amide bonds. The molecule has 3 N–H and O–H groups in total. The van der Waals surface area contributed by atoms with Crippen LogP contribution in [0.15, 0.2) is 54.9 Å². The molecule has 0 aliphatic heterocycles. The molecule has 0 aliphatic rings. The molecular weight excluding hydrogens is 292 g/mol. The van der Waals surface area contributed by atoms with Crippen LogP contribution in [-0.2, 0) is 13.2 Å². The van der Waals surface area contributed by atoms with Crippen LogP contribution in [0.1, 0.15) is 11.4 Å². The van der Waals surface area contributed by atoms with E-state index in [-0.39, 0.29) is 0 Å². The lowest BCUT2D eigenvalue weighted by Crippen LogP contribution is -2.08. The summed E-state index contributed by atoms with van der Waals surface area (Å²) in [5.41, 5.74) is 6.69. The van der Waals surface area contributed by atoms with Crippen LogP contribution in [-0.4, -0.2) is 19.9 Å². The van der Waals surface area contributed by atoms with E-state index >= 15 is 0 Å². The Bertz CT molecular complexity index is 765. The minimum Gasteiger partial charge on any atom is -0.473 e. The Hall–Kier alpha value is -3.22. The predicted octanol–water partition coefficient (Wildman–Crippen LogP) is 2.04. The van der Waals surface area contributed by atoms with Gasteiger partial charge in [0.05, 0.1) is 6.54 Å². The maximum absolute atomic E-state index is 5.66. The first-order valence-corrected chi connectivity index (χ1v) is 7.10. The van der Waals surface area contributed by atoms with Crippen LogP contribution in [0.2, 0.25) is 0 Å². The second-order valence-corrected chi connectivity index (χ2v) is 4.74. The molecule has 0 unspecified atom stereocenters. The lowest BCUT2D eigenvalue weighted by atomic mass is 10.2. The van der Waals surface area contributed by atoms with Gasteiger partial charge >= 0.3 is 0 Å². The lowest BCUT2D eigenvalue weighted by Gasteiger charge is -2.07. The summed E-state index contributed by atoms with van der Waals surface area (Å²) in [6, 6.07) is 13.3. The van der Waals surface area contributed by atoms with Gasteiger partial charge in [0, 0.05) is 18.5 Å². The quantitative estimate of drug-likeness (QED) is 0.719. The molecular formula is C16H16N6O. The van der Waals surface area contributed by atoms with Crippen LogP contribution in [0.4, 0.5) is 11.8 Å². The van der Waals surface area contributed by atoms with E-state index < -0.39 is 0 Å². The summed E-state index contributed by atoms with van der Waals surface area (Å²) in [5.74, 6) is 1.95. The minimum absolute atomic E-state index is 0.382. The topological polar surface area (TPSA) is 98.8 Å². The molecule has 3 rings (SSSR count). The van der Waals surface area contributed by atoms with E-state index in [2.05, 4.69) is 25.3 Å². The number of rotatable bonds is 6. The number of anilines is 2. The third-order valence-corrected chi connectivity index (χ3v) is 2.99. The van der Waals surface area contributed by atoms with Gasteiger partial charge in [0.1, 0.15) is 18.2 Å². The third kappa shape index (κ3) is 4.37. The SMILES string of the molecule is Nc1ccnc(CNc2nccc(OCc3ccccc3)n2)n1. The minimum atomic E-state index is 0.382. The van der Waals surface area contributed by atoms with Crippen molar-refractivity contribution in [2.24, 2.45) is 0 Å². The fourth-order valence-electron chi connectivity index (χ4n) is 1.90. The summed E-state index contributed by atoms with van der Waals surface area (Å²) in [6.07, 6.45) is 3.25. The van der Waals surface area contributed by atoms with Gasteiger partial charge in [0.25, 0.3) is 0 Å². The highest BCUT2D eigenvalue weighted by Gasteiger charge is 2.02. The molecule has 1 aromatic carbocycles. The molecule has 2 heterocycles. The van der Waals surface area contributed by atoms with Gasteiger partial charge in [-0.1, -0.05) is 30.3 Å². The Labute approximate surface area is 133 Å². The Morgan fingerprint density at radius 3 is 2.61 bits per heavy atom. The van der Waals surface area contributed by atoms with Crippen LogP contribution >= 0.6 is 0 Å². The average Bonchev–Trinajstić information content (AvgIpc) is 2.60. The number of benzene rings is 1.